The van der Waals surface area contributed by atoms with E-state index in [1.807, 2.05) is 52.8 Å². The summed E-state index contributed by atoms with van der Waals surface area (Å²) in [5.74, 6) is -0.150. The Morgan fingerprint density at radius 2 is 1.59 bits per heavy atom. The number of anilines is 1. The summed E-state index contributed by atoms with van der Waals surface area (Å²) < 4.78 is 26.0. The number of carbonyl (C=O) groups excluding carboxylic acids is 1. The predicted octanol–water partition coefficient (Wildman–Crippen LogP) is 3.80. The minimum atomic E-state index is -3.44. The molecule has 6 heteroatoms. The zero-order valence-corrected chi connectivity index (χ0v) is 17.6. The fourth-order valence-corrected chi connectivity index (χ4v) is 3.50. The number of nitrogens with one attached hydrogen (secondary N) is 1. The third kappa shape index (κ3) is 5.82. The number of hydrogen-bond acceptors (Lipinski definition) is 3. The minimum absolute atomic E-state index is 0.150. The van der Waals surface area contributed by atoms with Gasteiger partial charge in [0.05, 0.1) is 18.5 Å². The Kier molecular flexibility index (Phi) is 6.00. The molecule has 0 saturated heterocycles. The van der Waals surface area contributed by atoms with Gasteiger partial charge in [-0.15, -0.1) is 0 Å². The van der Waals surface area contributed by atoms with Gasteiger partial charge in [0, 0.05) is 11.1 Å². The SMILES string of the molecule is Cc1ccc(N(Cc2ccc(C(=O)NC(C)(C)C)cc2)S(C)(=O)=O)cc1C. The van der Waals surface area contributed by atoms with Crippen LogP contribution in [0.15, 0.2) is 42.5 Å². The van der Waals surface area contributed by atoms with E-state index in [1.54, 1.807) is 24.3 Å². The number of hydrogen-bond donors (Lipinski definition) is 1. The molecule has 27 heavy (non-hydrogen) atoms. The standard InChI is InChI=1S/C21H28N2O3S/c1-15-7-12-19(13-16(15)2)23(27(6,25)26)14-17-8-10-18(11-9-17)20(24)22-21(3,4)5/h7-13H,14H2,1-6H3,(H,22,24). The van der Waals surface area contributed by atoms with Crippen LogP contribution in [0.1, 0.15) is 47.8 Å². The van der Waals surface area contributed by atoms with Crippen molar-refractivity contribution in [2.24, 2.45) is 0 Å². The number of sulfonamides is 1. The van der Waals surface area contributed by atoms with Gasteiger partial charge in [-0.25, -0.2) is 8.42 Å². The molecular formula is C21H28N2O3S. The molecule has 1 N–H and O–H groups in total. The van der Waals surface area contributed by atoms with Gasteiger partial charge >= 0.3 is 0 Å². The highest BCUT2D eigenvalue weighted by molar-refractivity contribution is 7.92. The molecule has 0 aliphatic rings. The van der Waals surface area contributed by atoms with Crippen LogP contribution >= 0.6 is 0 Å². The van der Waals surface area contributed by atoms with Gasteiger partial charge in [-0.2, -0.15) is 0 Å². The van der Waals surface area contributed by atoms with Gasteiger partial charge < -0.3 is 5.32 Å². The first kappa shape index (κ1) is 21.0. The lowest BCUT2D eigenvalue weighted by Crippen LogP contribution is -2.40. The number of amides is 1. The molecule has 1 amide bonds. The van der Waals surface area contributed by atoms with Crippen LogP contribution in [0.25, 0.3) is 0 Å². The van der Waals surface area contributed by atoms with E-state index in [2.05, 4.69) is 5.32 Å². The largest absolute Gasteiger partial charge is 0.347 e. The second-order valence-electron chi connectivity index (χ2n) is 7.94. The second kappa shape index (κ2) is 7.72. The smallest absolute Gasteiger partial charge is 0.251 e. The van der Waals surface area contributed by atoms with E-state index in [1.165, 1.54) is 10.6 Å². The summed E-state index contributed by atoms with van der Waals surface area (Å²) >= 11 is 0. The Balaban J connectivity index is 2.26. The van der Waals surface area contributed by atoms with Crippen LogP contribution < -0.4 is 9.62 Å². The topological polar surface area (TPSA) is 66.5 Å². The number of benzene rings is 2. The van der Waals surface area contributed by atoms with Gasteiger partial charge in [0.15, 0.2) is 0 Å². The number of rotatable bonds is 5. The summed E-state index contributed by atoms with van der Waals surface area (Å²) in [7, 11) is -3.44. The highest BCUT2D eigenvalue weighted by atomic mass is 32.2. The molecule has 0 aromatic heterocycles. The molecule has 0 aliphatic carbocycles. The zero-order valence-electron chi connectivity index (χ0n) is 16.8. The molecule has 2 aromatic rings. The third-order valence-electron chi connectivity index (χ3n) is 4.21. The van der Waals surface area contributed by atoms with E-state index in [4.69, 9.17) is 0 Å². The molecule has 0 radical (unpaired) electrons. The quantitative estimate of drug-likeness (QED) is 0.847. The molecule has 0 spiro atoms. The fraction of sp³-hybridized carbons (Fsp3) is 0.381. The summed E-state index contributed by atoms with van der Waals surface area (Å²) in [5.41, 5.74) is 3.83. The minimum Gasteiger partial charge on any atom is -0.347 e. The lowest BCUT2D eigenvalue weighted by atomic mass is 10.1. The van der Waals surface area contributed by atoms with Gasteiger partial charge in [-0.3, -0.25) is 9.10 Å². The van der Waals surface area contributed by atoms with Gasteiger partial charge in [-0.05, 0) is 75.6 Å². The van der Waals surface area contributed by atoms with Crippen LogP contribution in [-0.2, 0) is 16.6 Å². The molecular weight excluding hydrogens is 360 g/mol. The average Bonchev–Trinajstić information content (AvgIpc) is 2.53. The van der Waals surface area contributed by atoms with Crippen molar-refractivity contribution < 1.29 is 13.2 Å². The maximum absolute atomic E-state index is 12.3. The van der Waals surface area contributed by atoms with E-state index < -0.39 is 10.0 Å². The molecule has 0 unspecified atom stereocenters. The van der Waals surface area contributed by atoms with Crippen molar-refractivity contribution in [2.75, 3.05) is 10.6 Å². The van der Waals surface area contributed by atoms with Crippen LogP contribution in [0.4, 0.5) is 5.69 Å². The van der Waals surface area contributed by atoms with Crippen LogP contribution in [0.2, 0.25) is 0 Å². The normalized spacial score (nSPS) is 11.9. The van der Waals surface area contributed by atoms with Gasteiger partial charge in [0.25, 0.3) is 5.91 Å². The monoisotopic (exact) mass is 388 g/mol. The Bertz CT molecular complexity index is 927. The Labute approximate surface area is 162 Å². The van der Waals surface area contributed by atoms with Gasteiger partial charge in [-0.1, -0.05) is 18.2 Å². The average molecular weight is 389 g/mol. The fourth-order valence-electron chi connectivity index (χ4n) is 2.62. The van der Waals surface area contributed by atoms with Crippen LogP contribution in [0.5, 0.6) is 0 Å². The molecule has 146 valence electrons. The van der Waals surface area contributed by atoms with Crippen molar-refractivity contribution >= 4 is 21.6 Å². The summed E-state index contributed by atoms with van der Waals surface area (Å²) in [6.45, 7) is 9.93. The van der Waals surface area contributed by atoms with Crippen molar-refractivity contribution in [3.8, 4) is 0 Å². The van der Waals surface area contributed by atoms with E-state index in [0.29, 0.717) is 11.3 Å². The molecule has 0 aliphatic heterocycles. The number of nitrogens with zero attached hydrogens (tertiary/aromatic N) is 1. The molecule has 0 saturated carbocycles. The van der Waals surface area contributed by atoms with E-state index in [-0.39, 0.29) is 18.0 Å². The maximum Gasteiger partial charge on any atom is 0.251 e. The highest BCUT2D eigenvalue weighted by Gasteiger charge is 2.19. The number of aryl methyl sites for hydroxylation is 2. The van der Waals surface area contributed by atoms with Crippen molar-refractivity contribution in [2.45, 2.75) is 46.7 Å². The van der Waals surface area contributed by atoms with Crippen molar-refractivity contribution in [1.82, 2.24) is 5.32 Å². The van der Waals surface area contributed by atoms with Crippen molar-refractivity contribution in [3.05, 3.63) is 64.7 Å². The lowest BCUT2D eigenvalue weighted by molar-refractivity contribution is 0.0919. The van der Waals surface area contributed by atoms with E-state index in [0.717, 1.165) is 16.7 Å². The predicted molar refractivity (Wildman–Crippen MR) is 111 cm³/mol. The Morgan fingerprint density at radius 3 is 2.07 bits per heavy atom. The Hall–Kier alpha value is -2.34. The molecule has 0 bridgehead atoms. The van der Waals surface area contributed by atoms with Crippen LogP contribution in [0, 0.1) is 13.8 Å². The first-order valence-electron chi connectivity index (χ1n) is 8.83. The molecule has 0 atom stereocenters. The molecule has 2 rings (SSSR count). The van der Waals surface area contributed by atoms with Crippen molar-refractivity contribution in [1.29, 1.82) is 0 Å². The summed E-state index contributed by atoms with van der Waals surface area (Å²) in [6.07, 6.45) is 1.20. The molecule has 0 heterocycles. The summed E-state index contributed by atoms with van der Waals surface area (Å²) in [5, 5.41) is 2.91. The summed E-state index contributed by atoms with van der Waals surface area (Å²) in [4.78, 5) is 12.2. The Morgan fingerprint density at radius 1 is 1.00 bits per heavy atom. The van der Waals surface area contributed by atoms with E-state index >= 15 is 0 Å². The third-order valence-corrected chi connectivity index (χ3v) is 5.35. The molecule has 5 nitrogen and oxygen atoms in total. The van der Waals surface area contributed by atoms with Gasteiger partial charge in [0.2, 0.25) is 10.0 Å². The maximum atomic E-state index is 12.3. The zero-order chi connectivity index (χ0) is 20.4. The summed E-state index contributed by atoms with van der Waals surface area (Å²) in [6, 6.07) is 12.6. The highest BCUT2D eigenvalue weighted by Crippen LogP contribution is 2.23. The molecule has 2 aromatic carbocycles. The lowest BCUT2D eigenvalue weighted by Gasteiger charge is -2.24. The first-order valence-corrected chi connectivity index (χ1v) is 10.7. The number of carbonyl (C=O) groups is 1. The van der Waals surface area contributed by atoms with Crippen molar-refractivity contribution in [3.63, 3.8) is 0 Å². The second-order valence-corrected chi connectivity index (χ2v) is 9.85. The first-order chi connectivity index (χ1) is 12.4. The van der Waals surface area contributed by atoms with E-state index in [9.17, 15) is 13.2 Å². The van der Waals surface area contributed by atoms with Crippen LogP contribution in [0.3, 0.4) is 0 Å². The molecule has 0 fully saturated rings. The van der Waals surface area contributed by atoms with Crippen LogP contribution in [-0.4, -0.2) is 26.1 Å². The van der Waals surface area contributed by atoms with Gasteiger partial charge in [0.1, 0.15) is 0 Å².